The number of hydrogen-bond donors (Lipinski definition) is 1. The number of nitro groups is 2. The number of ether oxygens (including phenoxy) is 1. The van der Waals surface area contributed by atoms with E-state index in [0.29, 0.717) is 10.8 Å². The van der Waals surface area contributed by atoms with Gasteiger partial charge in [0.2, 0.25) is 5.82 Å². The summed E-state index contributed by atoms with van der Waals surface area (Å²) in [4.78, 5) is 29.1. The lowest BCUT2D eigenvalue weighted by Gasteiger charge is -2.11. The smallest absolute Gasteiger partial charge is 0.373 e. The van der Waals surface area contributed by atoms with E-state index < -0.39 is 15.5 Å². The minimum Gasteiger partial charge on any atom is -0.434 e. The molecule has 0 radical (unpaired) electrons. The molecule has 11 heteroatoms. The molecule has 0 aliphatic rings. The van der Waals surface area contributed by atoms with Crippen LogP contribution in [0.4, 0.5) is 22.9 Å². The maximum absolute atomic E-state index is 11.7. The zero-order chi connectivity index (χ0) is 21.1. The van der Waals surface area contributed by atoms with E-state index in [1.54, 1.807) is 26.0 Å². The molecule has 1 N–H and O–H groups in total. The van der Waals surface area contributed by atoms with Gasteiger partial charge in [-0.05, 0) is 43.2 Å². The van der Waals surface area contributed by atoms with Gasteiger partial charge in [0.25, 0.3) is 5.69 Å². The van der Waals surface area contributed by atoms with Gasteiger partial charge in [0.05, 0.1) is 9.85 Å². The third-order valence-electron chi connectivity index (χ3n) is 3.92. The number of non-ortho nitro benzene ring substituents is 1. The van der Waals surface area contributed by atoms with Crippen molar-refractivity contribution in [2.45, 2.75) is 13.8 Å². The van der Waals surface area contributed by atoms with E-state index in [1.807, 2.05) is 0 Å². The highest BCUT2D eigenvalue weighted by molar-refractivity contribution is 6.32. The molecule has 0 saturated heterocycles. The molecule has 2 aromatic carbocycles. The number of hydrogen-bond acceptors (Lipinski definition) is 8. The number of halogens is 1. The number of nitrogens with one attached hydrogen (secondary N) is 1. The van der Waals surface area contributed by atoms with Crippen molar-refractivity contribution >= 4 is 34.5 Å². The zero-order valence-corrected chi connectivity index (χ0v) is 16.0. The Balaban J connectivity index is 1.99. The van der Waals surface area contributed by atoms with Crippen molar-refractivity contribution < 1.29 is 14.6 Å². The van der Waals surface area contributed by atoms with Gasteiger partial charge in [-0.2, -0.15) is 4.98 Å². The van der Waals surface area contributed by atoms with Crippen molar-refractivity contribution in [3.63, 3.8) is 0 Å². The number of rotatable bonds is 6. The van der Waals surface area contributed by atoms with Crippen LogP contribution in [0.2, 0.25) is 5.02 Å². The summed E-state index contributed by atoms with van der Waals surface area (Å²) >= 11 is 6.14. The predicted molar refractivity (Wildman–Crippen MR) is 106 cm³/mol. The van der Waals surface area contributed by atoms with E-state index in [-0.39, 0.29) is 23.1 Å². The summed E-state index contributed by atoms with van der Waals surface area (Å²) in [5, 5.41) is 25.9. The van der Waals surface area contributed by atoms with Crippen LogP contribution in [-0.4, -0.2) is 19.8 Å². The number of aryl methyl sites for hydroxylation is 2. The van der Waals surface area contributed by atoms with Crippen LogP contribution in [0.5, 0.6) is 11.6 Å². The second-order valence-corrected chi connectivity index (χ2v) is 6.42. The third kappa shape index (κ3) is 4.38. The maximum atomic E-state index is 11.7. The van der Waals surface area contributed by atoms with Crippen molar-refractivity contribution in [3.8, 4) is 11.6 Å². The lowest BCUT2D eigenvalue weighted by atomic mass is 10.1. The molecule has 0 bridgehead atoms. The molecule has 0 aliphatic carbocycles. The first kappa shape index (κ1) is 20.0. The zero-order valence-electron chi connectivity index (χ0n) is 15.2. The highest BCUT2D eigenvalue weighted by Gasteiger charge is 2.26. The van der Waals surface area contributed by atoms with Crippen LogP contribution in [-0.2, 0) is 0 Å². The number of benzene rings is 2. The summed E-state index contributed by atoms with van der Waals surface area (Å²) in [6.45, 7) is 3.57. The van der Waals surface area contributed by atoms with Crippen molar-refractivity contribution in [1.29, 1.82) is 0 Å². The average molecular weight is 416 g/mol. The monoisotopic (exact) mass is 415 g/mol. The van der Waals surface area contributed by atoms with Crippen molar-refractivity contribution in [2.75, 3.05) is 5.32 Å². The standard InChI is InChI=1S/C18H14ClN5O5/c1-10-6-14(7-11(2)15(10)19)29-18-16(24(27)28)17(20-9-21-18)22-12-4-3-5-13(8-12)23(25)26/h3-9H,1-2H3,(H,20,21,22). The Labute approximate surface area is 169 Å². The Bertz CT molecular complexity index is 1100. The molecule has 3 aromatic rings. The first-order valence-corrected chi connectivity index (χ1v) is 8.59. The minimum atomic E-state index is -0.690. The Kier molecular flexibility index (Phi) is 5.55. The van der Waals surface area contributed by atoms with Crippen molar-refractivity contribution in [2.24, 2.45) is 0 Å². The first-order valence-electron chi connectivity index (χ1n) is 8.21. The van der Waals surface area contributed by atoms with E-state index >= 15 is 0 Å². The molecular weight excluding hydrogens is 402 g/mol. The van der Waals surface area contributed by atoms with Gasteiger partial charge in [-0.1, -0.05) is 17.7 Å². The SMILES string of the molecule is Cc1cc(Oc2ncnc(Nc3cccc([N+](=O)[O-])c3)c2[N+](=O)[O-])cc(C)c1Cl. The van der Waals surface area contributed by atoms with Gasteiger partial charge in [-0.25, -0.2) is 4.98 Å². The fourth-order valence-corrected chi connectivity index (χ4v) is 2.71. The number of anilines is 2. The van der Waals surface area contributed by atoms with Gasteiger partial charge in [0.15, 0.2) is 0 Å². The van der Waals surface area contributed by atoms with Crippen LogP contribution in [0.1, 0.15) is 11.1 Å². The molecular formula is C18H14ClN5O5. The Hall–Kier alpha value is -3.79. The molecule has 0 atom stereocenters. The van der Waals surface area contributed by atoms with Crippen LogP contribution in [0.25, 0.3) is 0 Å². The molecule has 1 aromatic heterocycles. The number of nitro benzene ring substituents is 1. The molecule has 10 nitrogen and oxygen atoms in total. The molecule has 0 spiro atoms. The first-order chi connectivity index (χ1) is 13.8. The van der Waals surface area contributed by atoms with Gasteiger partial charge in [-0.15, -0.1) is 0 Å². The molecule has 29 heavy (non-hydrogen) atoms. The summed E-state index contributed by atoms with van der Waals surface area (Å²) in [7, 11) is 0. The predicted octanol–water partition coefficient (Wildman–Crippen LogP) is 5.10. The van der Waals surface area contributed by atoms with Gasteiger partial charge >= 0.3 is 11.6 Å². The van der Waals surface area contributed by atoms with Gasteiger partial charge in [0.1, 0.15) is 12.1 Å². The van der Waals surface area contributed by atoms with E-state index in [1.165, 1.54) is 24.3 Å². The van der Waals surface area contributed by atoms with Crippen LogP contribution in [0.15, 0.2) is 42.7 Å². The second kappa shape index (κ2) is 8.07. The third-order valence-corrected chi connectivity index (χ3v) is 4.51. The van der Waals surface area contributed by atoms with Gasteiger partial charge in [-0.3, -0.25) is 20.2 Å². The van der Waals surface area contributed by atoms with Crippen LogP contribution in [0.3, 0.4) is 0 Å². The summed E-state index contributed by atoms with van der Waals surface area (Å²) in [5.41, 5.74) is 1.06. The maximum Gasteiger partial charge on any atom is 0.373 e. The Morgan fingerprint density at radius 2 is 1.72 bits per heavy atom. The molecule has 148 valence electrons. The Morgan fingerprint density at radius 1 is 1.03 bits per heavy atom. The molecule has 0 aliphatic heterocycles. The van der Waals surface area contributed by atoms with Crippen molar-refractivity contribution in [1.82, 2.24) is 9.97 Å². The Morgan fingerprint density at radius 3 is 2.34 bits per heavy atom. The molecule has 0 amide bonds. The summed E-state index contributed by atoms with van der Waals surface area (Å²) in [5.74, 6) is -0.116. The highest BCUT2D eigenvalue weighted by atomic mass is 35.5. The second-order valence-electron chi connectivity index (χ2n) is 6.04. The van der Waals surface area contributed by atoms with Gasteiger partial charge in [0, 0.05) is 22.8 Å². The molecule has 1 heterocycles. The largest absolute Gasteiger partial charge is 0.434 e. The van der Waals surface area contributed by atoms with Crippen LogP contribution in [0, 0.1) is 34.1 Å². The normalized spacial score (nSPS) is 10.4. The lowest BCUT2D eigenvalue weighted by molar-refractivity contribution is -0.385. The minimum absolute atomic E-state index is 0.164. The molecule has 0 saturated carbocycles. The van der Waals surface area contributed by atoms with E-state index in [0.717, 1.165) is 17.5 Å². The summed E-state index contributed by atoms with van der Waals surface area (Å²) in [6.07, 6.45) is 1.09. The van der Waals surface area contributed by atoms with Gasteiger partial charge < -0.3 is 10.1 Å². The average Bonchev–Trinajstić information content (AvgIpc) is 2.66. The number of aromatic nitrogens is 2. The highest BCUT2D eigenvalue weighted by Crippen LogP contribution is 2.37. The quantitative estimate of drug-likeness (QED) is 0.434. The fourth-order valence-electron chi connectivity index (χ4n) is 2.60. The topological polar surface area (TPSA) is 133 Å². The molecule has 0 fully saturated rings. The van der Waals surface area contributed by atoms with E-state index in [2.05, 4.69) is 15.3 Å². The van der Waals surface area contributed by atoms with Crippen LogP contribution >= 0.6 is 11.6 Å². The fraction of sp³-hybridized carbons (Fsp3) is 0.111. The van der Waals surface area contributed by atoms with E-state index in [9.17, 15) is 20.2 Å². The molecule has 3 rings (SSSR count). The summed E-state index contributed by atoms with van der Waals surface area (Å²) in [6, 6.07) is 8.77. The van der Waals surface area contributed by atoms with E-state index in [4.69, 9.17) is 16.3 Å². The number of nitrogens with zero attached hydrogens (tertiary/aromatic N) is 4. The van der Waals surface area contributed by atoms with Crippen LogP contribution < -0.4 is 10.1 Å². The molecule has 0 unspecified atom stereocenters. The summed E-state index contributed by atoms with van der Waals surface area (Å²) < 4.78 is 5.63. The van der Waals surface area contributed by atoms with Crippen molar-refractivity contribution in [3.05, 3.63) is 79.1 Å². The lowest BCUT2D eigenvalue weighted by Crippen LogP contribution is -2.04.